The minimum absolute atomic E-state index is 0.0952. The maximum atomic E-state index is 9.31. The Kier molecular flexibility index (Phi) is 3.13. The first-order valence-electron chi connectivity index (χ1n) is 6.38. The number of benzene rings is 2. The number of aliphatic hydroxyl groups excluding tert-OH is 1. The predicted molar refractivity (Wildman–Crippen MR) is 82.7 cm³/mol. The predicted octanol–water partition coefficient (Wildman–Crippen LogP) is 4.68. The Bertz CT molecular complexity index is 720. The van der Waals surface area contributed by atoms with Gasteiger partial charge in [0.05, 0.1) is 6.61 Å². The number of rotatable bonds is 2. The van der Waals surface area contributed by atoms with Gasteiger partial charge in [-0.2, -0.15) is 0 Å². The average Bonchev–Trinajstić information content (AvgIpc) is 2.81. The normalized spacial score (nSPS) is 11.1. The van der Waals surface area contributed by atoms with Crippen LogP contribution in [0.2, 0.25) is 0 Å². The molecule has 3 aromatic rings. The highest BCUT2D eigenvalue weighted by Crippen LogP contribution is 2.37. The first kappa shape index (κ1) is 12.4. The van der Waals surface area contributed by atoms with E-state index in [1.165, 1.54) is 32.3 Å². The van der Waals surface area contributed by atoms with Crippen LogP contribution in [-0.2, 0) is 6.61 Å². The van der Waals surface area contributed by atoms with Gasteiger partial charge in [0.2, 0.25) is 0 Å². The zero-order valence-corrected chi connectivity index (χ0v) is 11.9. The summed E-state index contributed by atoms with van der Waals surface area (Å²) in [4.78, 5) is 0. The van der Waals surface area contributed by atoms with Crippen LogP contribution in [-0.4, -0.2) is 5.11 Å². The fourth-order valence-electron chi connectivity index (χ4n) is 2.61. The van der Waals surface area contributed by atoms with Crippen LogP contribution < -0.4 is 0 Å². The van der Waals surface area contributed by atoms with E-state index in [1.807, 2.05) is 6.07 Å². The lowest BCUT2D eigenvalue weighted by Gasteiger charge is -2.09. The van der Waals surface area contributed by atoms with Crippen LogP contribution in [0.1, 0.15) is 16.7 Å². The largest absolute Gasteiger partial charge is 0.392 e. The maximum Gasteiger partial charge on any atom is 0.0682 e. The van der Waals surface area contributed by atoms with Crippen molar-refractivity contribution in [3.63, 3.8) is 0 Å². The molecule has 0 fully saturated rings. The van der Waals surface area contributed by atoms with Crippen LogP contribution in [0.4, 0.5) is 0 Å². The van der Waals surface area contributed by atoms with Gasteiger partial charge < -0.3 is 5.11 Å². The van der Waals surface area contributed by atoms with Crippen molar-refractivity contribution in [1.29, 1.82) is 0 Å². The Balaban J connectivity index is 2.31. The summed E-state index contributed by atoms with van der Waals surface area (Å²) < 4.78 is 1.27. The minimum Gasteiger partial charge on any atom is -0.392 e. The monoisotopic (exact) mass is 268 g/mol. The van der Waals surface area contributed by atoms with E-state index in [0.717, 1.165) is 5.56 Å². The Morgan fingerprint density at radius 3 is 2.47 bits per heavy atom. The van der Waals surface area contributed by atoms with E-state index in [9.17, 15) is 5.11 Å². The summed E-state index contributed by atoms with van der Waals surface area (Å²) in [6.45, 7) is 4.40. The van der Waals surface area contributed by atoms with Crippen LogP contribution in [0.15, 0.2) is 41.8 Å². The fraction of sp³-hybridized carbons (Fsp3) is 0.176. The molecular weight excluding hydrogens is 252 g/mol. The number of aryl methyl sites for hydroxylation is 2. The molecule has 1 nitrogen and oxygen atoms in total. The molecule has 0 saturated heterocycles. The molecule has 0 aliphatic rings. The average molecular weight is 268 g/mol. The molecule has 3 rings (SSSR count). The Morgan fingerprint density at radius 2 is 1.79 bits per heavy atom. The first-order chi connectivity index (χ1) is 9.20. The summed E-state index contributed by atoms with van der Waals surface area (Å²) in [7, 11) is 0. The third kappa shape index (κ3) is 2.07. The number of aliphatic hydroxyl groups is 1. The second-order valence-electron chi connectivity index (χ2n) is 4.90. The Labute approximate surface area is 117 Å². The topological polar surface area (TPSA) is 20.2 Å². The van der Waals surface area contributed by atoms with Crippen molar-refractivity contribution in [2.24, 2.45) is 0 Å². The third-order valence-corrected chi connectivity index (χ3v) is 4.53. The number of hydrogen-bond acceptors (Lipinski definition) is 2. The summed E-state index contributed by atoms with van der Waals surface area (Å²) in [5, 5.41) is 12.8. The molecule has 0 aliphatic carbocycles. The van der Waals surface area contributed by atoms with E-state index in [0.29, 0.717) is 0 Å². The number of hydrogen-bond donors (Lipinski definition) is 1. The van der Waals surface area contributed by atoms with Gasteiger partial charge >= 0.3 is 0 Å². The molecule has 19 heavy (non-hydrogen) atoms. The molecule has 0 spiro atoms. The van der Waals surface area contributed by atoms with Gasteiger partial charge in [0.15, 0.2) is 0 Å². The summed E-state index contributed by atoms with van der Waals surface area (Å²) in [6.07, 6.45) is 0. The van der Waals surface area contributed by atoms with E-state index in [-0.39, 0.29) is 6.61 Å². The summed E-state index contributed by atoms with van der Waals surface area (Å²) in [5.74, 6) is 0. The van der Waals surface area contributed by atoms with Crippen molar-refractivity contribution in [1.82, 2.24) is 0 Å². The van der Waals surface area contributed by atoms with Crippen molar-refractivity contribution in [2.75, 3.05) is 0 Å². The summed E-state index contributed by atoms with van der Waals surface area (Å²) in [5.41, 5.74) is 6.18. The van der Waals surface area contributed by atoms with Gasteiger partial charge in [-0.15, -0.1) is 11.3 Å². The van der Waals surface area contributed by atoms with E-state index >= 15 is 0 Å². The van der Waals surface area contributed by atoms with Crippen LogP contribution in [0, 0.1) is 13.8 Å². The molecule has 1 heterocycles. The van der Waals surface area contributed by atoms with Gasteiger partial charge in [0, 0.05) is 15.6 Å². The van der Waals surface area contributed by atoms with Crippen molar-refractivity contribution < 1.29 is 5.11 Å². The van der Waals surface area contributed by atoms with Gasteiger partial charge in [-0.1, -0.05) is 24.3 Å². The van der Waals surface area contributed by atoms with Crippen LogP contribution in [0.25, 0.3) is 21.2 Å². The van der Waals surface area contributed by atoms with Gasteiger partial charge in [0.1, 0.15) is 0 Å². The zero-order valence-electron chi connectivity index (χ0n) is 11.1. The standard InChI is InChI=1S/C17H16OS/c1-11-4-3-5-12(2)17(11)15-10-19-16-7-6-13(9-18)8-14(15)16/h3-8,10,18H,9H2,1-2H3. The minimum atomic E-state index is 0.0952. The molecule has 0 amide bonds. The molecule has 96 valence electrons. The molecule has 2 heteroatoms. The molecule has 0 radical (unpaired) electrons. The quantitative estimate of drug-likeness (QED) is 0.715. The molecular formula is C17H16OS. The summed E-state index contributed by atoms with van der Waals surface area (Å²) >= 11 is 1.76. The van der Waals surface area contributed by atoms with Crippen LogP contribution in [0.3, 0.4) is 0 Å². The van der Waals surface area contributed by atoms with Gasteiger partial charge in [0.25, 0.3) is 0 Å². The fourth-order valence-corrected chi connectivity index (χ4v) is 3.54. The Hall–Kier alpha value is -1.64. The first-order valence-corrected chi connectivity index (χ1v) is 7.26. The van der Waals surface area contributed by atoms with Gasteiger partial charge in [-0.25, -0.2) is 0 Å². The lowest BCUT2D eigenvalue weighted by molar-refractivity contribution is 0.282. The van der Waals surface area contributed by atoms with Crippen molar-refractivity contribution in [2.45, 2.75) is 20.5 Å². The molecule has 2 aromatic carbocycles. The molecule has 1 aromatic heterocycles. The van der Waals surface area contributed by atoms with E-state index in [4.69, 9.17) is 0 Å². The smallest absolute Gasteiger partial charge is 0.0682 e. The SMILES string of the molecule is Cc1cccc(C)c1-c1csc2ccc(CO)cc12. The lowest BCUT2D eigenvalue weighted by atomic mass is 9.95. The van der Waals surface area contributed by atoms with Gasteiger partial charge in [-0.3, -0.25) is 0 Å². The van der Waals surface area contributed by atoms with E-state index < -0.39 is 0 Å². The van der Waals surface area contributed by atoms with Gasteiger partial charge in [-0.05, 0) is 53.6 Å². The summed E-state index contributed by atoms with van der Waals surface area (Å²) in [6, 6.07) is 12.6. The Morgan fingerprint density at radius 1 is 1.05 bits per heavy atom. The molecule has 0 atom stereocenters. The van der Waals surface area contributed by atoms with Crippen LogP contribution in [0.5, 0.6) is 0 Å². The van der Waals surface area contributed by atoms with Crippen molar-refractivity contribution >= 4 is 21.4 Å². The molecule has 0 unspecified atom stereocenters. The van der Waals surface area contributed by atoms with Crippen molar-refractivity contribution in [3.8, 4) is 11.1 Å². The second-order valence-corrected chi connectivity index (χ2v) is 5.82. The molecule has 0 bridgehead atoms. The lowest BCUT2D eigenvalue weighted by Crippen LogP contribution is -1.87. The highest BCUT2D eigenvalue weighted by molar-refractivity contribution is 7.17. The van der Waals surface area contributed by atoms with Crippen LogP contribution >= 0.6 is 11.3 Å². The maximum absolute atomic E-state index is 9.31. The number of fused-ring (bicyclic) bond motifs is 1. The highest BCUT2D eigenvalue weighted by atomic mass is 32.1. The second kappa shape index (κ2) is 4.80. The zero-order chi connectivity index (χ0) is 13.4. The van der Waals surface area contributed by atoms with E-state index in [2.05, 4.69) is 49.6 Å². The number of thiophene rings is 1. The molecule has 1 N–H and O–H groups in total. The van der Waals surface area contributed by atoms with E-state index in [1.54, 1.807) is 11.3 Å². The molecule has 0 aliphatic heterocycles. The molecule has 0 saturated carbocycles. The highest BCUT2D eigenvalue weighted by Gasteiger charge is 2.11. The third-order valence-electron chi connectivity index (χ3n) is 3.57. The van der Waals surface area contributed by atoms with Crippen molar-refractivity contribution in [3.05, 3.63) is 58.5 Å².